The SMILES string of the molecule is CCCOc1cccc(C)c1N(C)C(=O)CCl. The first kappa shape index (κ1) is 13.8. The quantitative estimate of drug-likeness (QED) is 0.757. The summed E-state index contributed by atoms with van der Waals surface area (Å²) in [7, 11) is 1.71. The number of para-hydroxylation sites is 1. The summed E-state index contributed by atoms with van der Waals surface area (Å²) in [6.45, 7) is 4.63. The molecule has 0 aliphatic heterocycles. The van der Waals surface area contributed by atoms with Crippen LogP contribution in [0.1, 0.15) is 18.9 Å². The highest BCUT2D eigenvalue weighted by Crippen LogP contribution is 2.31. The average Bonchev–Trinajstić information content (AvgIpc) is 2.34. The third-order valence-corrected chi connectivity index (χ3v) is 2.71. The zero-order valence-electron chi connectivity index (χ0n) is 10.5. The van der Waals surface area contributed by atoms with Crippen molar-refractivity contribution in [2.24, 2.45) is 0 Å². The fourth-order valence-corrected chi connectivity index (χ4v) is 1.78. The van der Waals surface area contributed by atoms with Crippen LogP contribution in [-0.2, 0) is 4.79 Å². The Labute approximate surface area is 107 Å². The zero-order valence-corrected chi connectivity index (χ0v) is 11.3. The second-order valence-corrected chi connectivity index (χ2v) is 4.12. The maximum atomic E-state index is 11.6. The lowest BCUT2D eigenvalue weighted by molar-refractivity contribution is -0.116. The van der Waals surface area contributed by atoms with E-state index in [0.29, 0.717) is 6.61 Å². The van der Waals surface area contributed by atoms with Gasteiger partial charge in [-0.05, 0) is 25.0 Å². The van der Waals surface area contributed by atoms with Gasteiger partial charge in [0.1, 0.15) is 11.6 Å². The summed E-state index contributed by atoms with van der Waals surface area (Å²) in [6, 6.07) is 5.74. The molecule has 0 aliphatic rings. The van der Waals surface area contributed by atoms with Crippen LogP contribution in [0, 0.1) is 6.92 Å². The van der Waals surface area contributed by atoms with Crippen molar-refractivity contribution < 1.29 is 9.53 Å². The number of benzene rings is 1. The number of carbonyl (C=O) groups is 1. The van der Waals surface area contributed by atoms with Gasteiger partial charge in [0.25, 0.3) is 0 Å². The van der Waals surface area contributed by atoms with Gasteiger partial charge in [0, 0.05) is 7.05 Å². The van der Waals surface area contributed by atoms with Gasteiger partial charge in [0.05, 0.1) is 12.3 Å². The Morgan fingerprint density at radius 2 is 2.18 bits per heavy atom. The second kappa shape index (κ2) is 6.50. The molecule has 0 saturated heterocycles. The molecule has 1 aromatic carbocycles. The van der Waals surface area contributed by atoms with Gasteiger partial charge in [-0.3, -0.25) is 4.79 Å². The highest BCUT2D eigenvalue weighted by Gasteiger charge is 2.16. The molecule has 0 bridgehead atoms. The molecule has 1 aromatic rings. The van der Waals surface area contributed by atoms with Crippen molar-refractivity contribution in [1.29, 1.82) is 0 Å². The number of anilines is 1. The summed E-state index contributed by atoms with van der Waals surface area (Å²) in [5.74, 6) is 0.563. The lowest BCUT2D eigenvalue weighted by Gasteiger charge is -2.22. The fourth-order valence-electron chi connectivity index (χ4n) is 1.60. The molecule has 94 valence electrons. The maximum absolute atomic E-state index is 11.6. The number of amides is 1. The minimum absolute atomic E-state index is 0.0297. The topological polar surface area (TPSA) is 29.5 Å². The summed E-state index contributed by atoms with van der Waals surface area (Å²) in [5, 5.41) is 0. The van der Waals surface area contributed by atoms with Crippen molar-refractivity contribution >= 4 is 23.2 Å². The Balaban J connectivity index is 3.06. The van der Waals surface area contributed by atoms with Crippen molar-refractivity contribution in [1.82, 2.24) is 0 Å². The van der Waals surface area contributed by atoms with Crippen LogP contribution in [0.3, 0.4) is 0 Å². The average molecular weight is 256 g/mol. The van der Waals surface area contributed by atoms with Crippen molar-refractivity contribution in [2.75, 3.05) is 24.4 Å². The highest BCUT2D eigenvalue weighted by atomic mass is 35.5. The van der Waals surface area contributed by atoms with E-state index >= 15 is 0 Å². The Morgan fingerprint density at radius 1 is 1.47 bits per heavy atom. The smallest absolute Gasteiger partial charge is 0.241 e. The van der Waals surface area contributed by atoms with Crippen LogP contribution in [-0.4, -0.2) is 25.4 Å². The van der Waals surface area contributed by atoms with Crippen LogP contribution in [0.25, 0.3) is 0 Å². The summed E-state index contributed by atoms with van der Waals surface area (Å²) in [5.41, 5.74) is 1.80. The van der Waals surface area contributed by atoms with E-state index in [4.69, 9.17) is 16.3 Å². The molecule has 0 radical (unpaired) electrons. The van der Waals surface area contributed by atoms with Gasteiger partial charge in [-0.1, -0.05) is 19.1 Å². The molecule has 0 heterocycles. The summed E-state index contributed by atoms with van der Waals surface area (Å²) < 4.78 is 5.65. The van der Waals surface area contributed by atoms with Crippen molar-refractivity contribution in [3.05, 3.63) is 23.8 Å². The molecular formula is C13H18ClNO2. The number of aryl methyl sites for hydroxylation is 1. The Bertz CT molecular complexity index is 393. The molecular weight excluding hydrogens is 238 g/mol. The molecule has 0 atom stereocenters. The summed E-state index contributed by atoms with van der Waals surface area (Å²) in [4.78, 5) is 13.2. The fraction of sp³-hybridized carbons (Fsp3) is 0.462. The van der Waals surface area contributed by atoms with Crippen LogP contribution >= 0.6 is 11.6 Å². The number of hydrogen-bond donors (Lipinski definition) is 0. The van der Waals surface area contributed by atoms with E-state index in [9.17, 15) is 4.79 Å². The first-order valence-electron chi connectivity index (χ1n) is 5.66. The number of hydrogen-bond acceptors (Lipinski definition) is 2. The van der Waals surface area contributed by atoms with Gasteiger partial charge in [0.2, 0.25) is 5.91 Å². The molecule has 0 fully saturated rings. The molecule has 17 heavy (non-hydrogen) atoms. The Kier molecular flexibility index (Phi) is 5.29. The monoisotopic (exact) mass is 255 g/mol. The van der Waals surface area contributed by atoms with E-state index in [0.717, 1.165) is 23.4 Å². The van der Waals surface area contributed by atoms with Crippen molar-refractivity contribution in [3.8, 4) is 5.75 Å². The number of halogens is 1. The van der Waals surface area contributed by atoms with E-state index in [1.54, 1.807) is 11.9 Å². The molecule has 0 unspecified atom stereocenters. The molecule has 0 aliphatic carbocycles. The first-order valence-corrected chi connectivity index (χ1v) is 6.20. The van der Waals surface area contributed by atoms with E-state index < -0.39 is 0 Å². The molecule has 0 saturated carbocycles. The third-order valence-electron chi connectivity index (χ3n) is 2.49. The molecule has 3 nitrogen and oxygen atoms in total. The second-order valence-electron chi connectivity index (χ2n) is 3.86. The largest absolute Gasteiger partial charge is 0.491 e. The first-order chi connectivity index (χ1) is 8.11. The predicted octanol–water partition coefficient (Wildman–Crippen LogP) is 2.99. The van der Waals surface area contributed by atoms with E-state index in [1.807, 2.05) is 32.0 Å². The van der Waals surface area contributed by atoms with Crippen LogP contribution < -0.4 is 9.64 Å². The molecule has 4 heteroatoms. The predicted molar refractivity (Wildman–Crippen MR) is 71.1 cm³/mol. The molecule has 0 N–H and O–H groups in total. The third kappa shape index (κ3) is 3.37. The Hall–Kier alpha value is -1.22. The number of alkyl halides is 1. The highest BCUT2D eigenvalue weighted by molar-refractivity contribution is 6.29. The minimum atomic E-state index is -0.137. The summed E-state index contributed by atoms with van der Waals surface area (Å²) >= 11 is 5.57. The van der Waals surface area contributed by atoms with E-state index in [1.165, 1.54) is 0 Å². The molecule has 1 rings (SSSR count). The number of nitrogens with zero attached hydrogens (tertiary/aromatic N) is 1. The van der Waals surface area contributed by atoms with Gasteiger partial charge in [0.15, 0.2) is 0 Å². The normalized spacial score (nSPS) is 10.1. The summed E-state index contributed by atoms with van der Waals surface area (Å²) in [6.07, 6.45) is 0.931. The van der Waals surface area contributed by atoms with E-state index in [2.05, 4.69) is 0 Å². The van der Waals surface area contributed by atoms with Crippen LogP contribution in [0.4, 0.5) is 5.69 Å². The van der Waals surface area contributed by atoms with Crippen molar-refractivity contribution in [2.45, 2.75) is 20.3 Å². The van der Waals surface area contributed by atoms with Gasteiger partial charge in [-0.15, -0.1) is 11.6 Å². The standard InChI is InChI=1S/C13H18ClNO2/c1-4-8-17-11-7-5-6-10(2)13(11)15(3)12(16)9-14/h5-7H,4,8-9H2,1-3H3. The van der Waals surface area contributed by atoms with Crippen LogP contribution in [0.2, 0.25) is 0 Å². The zero-order chi connectivity index (χ0) is 12.8. The lowest BCUT2D eigenvalue weighted by Crippen LogP contribution is -2.28. The Morgan fingerprint density at radius 3 is 2.76 bits per heavy atom. The maximum Gasteiger partial charge on any atom is 0.241 e. The molecule has 1 amide bonds. The number of ether oxygens (including phenoxy) is 1. The number of carbonyl (C=O) groups excluding carboxylic acids is 1. The van der Waals surface area contributed by atoms with Crippen molar-refractivity contribution in [3.63, 3.8) is 0 Å². The lowest BCUT2D eigenvalue weighted by atomic mass is 10.1. The van der Waals surface area contributed by atoms with Crippen LogP contribution in [0.15, 0.2) is 18.2 Å². The van der Waals surface area contributed by atoms with Gasteiger partial charge in [-0.25, -0.2) is 0 Å². The number of rotatable bonds is 5. The van der Waals surface area contributed by atoms with E-state index in [-0.39, 0.29) is 11.8 Å². The minimum Gasteiger partial charge on any atom is -0.491 e. The molecule has 0 spiro atoms. The van der Waals surface area contributed by atoms with Gasteiger partial charge < -0.3 is 9.64 Å². The van der Waals surface area contributed by atoms with Crippen LogP contribution in [0.5, 0.6) is 5.75 Å². The molecule has 0 aromatic heterocycles. The van der Waals surface area contributed by atoms with Gasteiger partial charge in [-0.2, -0.15) is 0 Å². The van der Waals surface area contributed by atoms with Gasteiger partial charge >= 0.3 is 0 Å².